The summed E-state index contributed by atoms with van der Waals surface area (Å²) in [5.41, 5.74) is 9.36. The molecule has 1 atom stereocenters. The summed E-state index contributed by atoms with van der Waals surface area (Å²) < 4.78 is 0. The second kappa shape index (κ2) is 5.51. The Morgan fingerprint density at radius 2 is 1.83 bits per heavy atom. The molecule has 0 fully saturated rings. The van der Waals surface area contributed by atoms with Gasteiger partial charge in [-0.3, -0.25) is 0 Å². The maximum atomic E-state index is 3.25. The molecule has 0 aromatic rings. The Balaban J connectivity index is 3.86. The SMILES string of the molecule is CCCC(NNNC)C(C)(C)C. The van der Waals surface area contributed by atoms with Crippen molar-refractivity contribution in [3.8, 4) is 0 Å². The molecule has 0 aromatic heterocycles. The van der Waals surface area contributed by atoms with Crippen LogP contribution in [-0.2, 0) is 0 Å². The third-order valence-corrected chi connectivity index (χ3v) is 1.99. The van der Waals surface area contributed by atoms with E-state index in [1.54, 1.807) is 0 Å². The molecular formula is C9H23N3. The lowest BCUT2D eigenvalue weighted by atomic mass is 9.85. The molecule has 0 saturated heterocycles. The van der Waals surface area contributed by atoms with Crippen molar-refractivity contribution in [1.82, 2.24) is 16.4 Å². The number of nitrogens with one attached hydrogen (secondary N) is 3. The van der Waals surface area contributed by atoms with Crippen LogP contribution in [0.15, 0.2) is 0 Å². The van der Waals surface area contributed by atoms with Gasteiger partial charge in [0, 0.05) is 6.04 Å². The zero-order chi connectivity index (χ0) is 9.61. The van der Waals surface area contributed by atoms with Gasteiger partial charge in [-0.1, -0.05) is 34.1 Å². The van der Waals surface area contributed by atoms with Gasteiger partial charge in [-0.25, -0.2) is 10.9 Å². The predicted octanol–water partition coefficient (Wildman–Crippen LogP) is 1.43. The molecule has 3 N–H and O–H groups in total. The maximum absolute atomic E-state index is 3.25. The van der Waals surface area contributed by atoms with Gasteiger partial charge in [0.15, 0.2) is 0 Å². The van der Waals surface area contributed by atoms with Gasteiger partial charge in [-0.2, -0.15) is 5.53 Å². The highest BCUT2D eigenvalue weighted by Crippen LogP contribution is 2.21. The number of hydrogen-bond acceptors (Lipinski definition) is 3. The first-order chi connectivity index (χ1) is 5.52. The third-order valence-electron chi connectivity index (χ3n) is 1.99. The van der Waals surface area contributed by atoms with Crippen LogP contribution in [0.3, 0.4) is 0 Å². The van der Waals surface area contributed by atoms with Crippen molar-refractivity contribution in [2.75, 3.05) is 7.05 Å². The van der Waals surface area contributed by atoms with Crippen LogP contribution in [0.4, 0.5) is 0 Å². The minimum atomic E-state index is 0.305. The van der Waals surface area contributed by atoms with E-state index in [0.29, 0.717) is 11.5 Å². The first-order valence-electron chi connectivity index (χ1n) is 4.69. The highest BCUT2D eigenvalue weighted by atomic mass is 15.6. The van der Waals surface area contributed by atoms with E-state index in [1.165, 1.54) is 12.8 Å². The minimum absolute atomic E-state index is 0.305. The molecule has 0 amide bonds. The van der Waals surface area contributed by atoms with E-state index in [2.05, 4.69) is 44.1 Å². The topological polar surface area (TPSA) is 36.1 Å². The predicted molar refractivity (Wildman–Crippen MR) is 53.5 cm³/mol. The highest BCUT2D eigenvalue weighted by Gasteiger charge is 2.22. The second-order valence-corrected chi connectivity index (χ2v) is 4.23. The fourth-order valence-corrected chi connectivity index (χ4v) is 1.17. The van der Waals surface area contributed by atoms with Gasteiger partial charge in [0.2, 0.25) is 0 Å². The van der Waals surface area contributed by atoms with Crippen molar-refractivity contribution in [3.05, 3.63) is 0 Å². The Morgan fingerprint density at radius 1 is 1.25 bits per heavy atom. The van der Waals surface area contributed by atoms with Gasteiger partial charge in [0.1, 0.15) is 0 Å². The molecule has 0 bridgehead atoms. The summed E-state index contributed by atoms with van der Waals surface area (Å²) in [7, 11) is 1.86. The summed E-state index contributed by atoms with van der Waals surface area (Å²) in [5.74, 6) is 0. The molecule has 0 rings (SSSR count). The standard InChI is InChI=1S/C9H23N3/c1-6-7-8(9(2,3)4)11-12-10-5/h8,10-12H,6-7H2,1-5H3. The quantitative estimate of drug-likeness (QED) is 0.550. The Bertz CT molecular complexity index is 107. The lowest BCUT2D eigenvalue weighted by molar-refractivity contribution is 0.218. The van der Waals surface area contributed by atoms with E-state index in [4.69, 9.17) is 0 Å². The fraction of sp³-hybridized carbons (Fsp3) is 1.00. The monoisotopic (exact) mass is 173 g/mol. The van der Waals surface area contributed by atoms with Gasteiger partial charge in [-0.15, -0.1) is 0 Å². The normalized spacial score (nSPS) is 14.8. The van der Waals surface area contributed by atoms with Crippen molar-refractivity contribution < 1.29 is 0 Å². The van der Waals surface area contributed by atoms with Crippen molar-refractivity contribution >= 4 is 0 Å². The Morgan fingerprint density at radius 3 is 2.17 bits per heavy atom. The number of hydrazine groups is 2. The molecule has 0 saturated carbocycles. The highest BCUT2D eigenvalue weighted by molar-refractivity contribution is 4.77. The first-order valence-corrected chi connectivity index (χ1v) is 4.69. The van der Waals surface area contributed by atoms with Crippen LogP contribution in [0.1, 0.15) is 40.5 Å². The van der Waals surface area contributed by atoms with Crippen molar-refractivity contribution in [2.24, 2.45) is 5.41 Å². The summed E-state index contributed by atoms with van der Waals surface area (Å²) in [6.07, 6.45) is 2.40. The van der Waals surface area contributed by atoms with E-state index >= 15 is 0 Å². The van der Waals surface area contributed by atoms with Gasteiger partial charge < -0.3 is 0 Å². The van der Waals surface area contributed by atoms with E-state index in [9.17, 15) is 0 Å². The van der Waals surface area contributed by atoms with Crippen LogP contribution >= 0.6 is 0 Å². The largest absolute Gasteiger partial charge is 0.247 e. The van der Waals surface area contributed by atoms with Crippen molar-refractivity contribution in [2.45, 2.75) is 46.6 Å². The lowest BCUT2D eigenvalue weighted by Gasteiger charge is -2.31. The Kier molecular flexibility index (Phi) is 5.46. The van der Waals surface area contributed by atoms with E-state index in [1.807, 2.05) is 7.05 Å². The average Bonchev–Trinajstić information content (AvgIpc) is 1.95. The van der Waals surface area contributed by atoms with Crippen LogP contribution < -0.4 is 16.4 Å². The molecule has 1 unspecified atom stereocenters. The molecule has 0 aliphatic rings. The summed E-state index contributed by atoms with van der Waals surface area (Å²) in [5, 5.41) is 0. The van der Waals surface area contributed by atoms with Gasteiger partial charge >= 0.3 is 0 Å². The molecule has 0 radical (unpaired) electrons. The average molecular weight is 173 g/mol. The molecule has 12 heavy (non-hydrogen) atoms. The van der Waals surface area contributed by atoms with Gasteiger partial charge in [0.25, 0.3) is 0 Å². The zero-order valence-corrected chi connectivity index (χ0v) is 8.99. The van der Waals surface area contributed by atoms with E-state index in [0.717, 1.165) is 0 Å². The molecule has 3 heteroatoms. The van der Waals surface area contributed by atoms with Crippen LogP contribution in [0, 0.1) is 5.41 Å². The van der Waals surface area contributed by atoms with E-state index in [-0.39, 0.29) is 0 Å². The number of hydrogen-bond donors (Lipinski definition) is 3. The van der Waals surface area contributed by atoms with Crippen LogP contribution in [-0.4, -0.2) is 13.1 Å². The smallest absolute Gasteiger partial charge is 0.0274 e. The molecule has 74 valence electrons. The first kappa shape index (κ1) is 11.9. The zero-order valence-electron chi connectivity index (χ0n) is 8.99. The lowest BCUT2D eigenvalue weighted by Crippen LogP contribution is -2.51. The molecule has 0 spiro atoms. The van der Waals surface area contributed by atoms with Crippen LogP contribution in [0.25, 0.3) is 0 Å². The van der Waals surface area contributed by atoms with Crippen molar-refractivity contribution in [3.63, 3.8) is 0 Å². The summed E-state index contributed by atoms with van der Waals surface area (Å²) >= 11 is 0. The summed E-state index contributed by atoms with van der Waals surface area (Å²) in [4.78, 5) is 0. The molecule has 0 aromatic carbocycles. The molecule has 3 nitrogen and oxygen atoms in total. The molecule has 0 heterocycles. The van der Waals surface area contributed by atoms with Crippen molar-refractivity contribution in [1.29, 1.82) is 0 Å². The third kappa shape index (κ3) is 4.70. The molecule has 0 aliphatic carbocycles. The number of rotatable bonds is 5. The van der Waals surface area contributed by atoms with Crippen LogP contribution in [0.5, 0.6) is 0 Å². The summed E-state index contributed by atoms with van der Waals surface area (Å²) in [6.45, 7) is 8.95. The molecular weight excluding hydrogens is 150 g/mol. The fourth-order valence-electron chi connectivity index (χ4n) is 1.17. The molecule has 0 aliphatic heterocycles. The maximum Gasteiger partial charge on any atom is 0.0274 e. The van der Waals surface area contributed by atoms with Gasteiger partial charge in [0.05, 0.1) is 0 Å². The summed E-state index contributed by atoms with van der Waals surface area (Å²) in [6, 6.07) is 0.509. The minimum Gasteiger partial charge on any atom is -0.247 e. The van der Waals surface area contributed by atoms with E-state index < -0.39 is 0 Å². The Hall–Kier alpha value is -0.120. The Labute approximate surface area is 76.2 Å². The van der Waals surface area contributed by atoms with Crippen LogP contribution in [0.2, 0.25) is 0 Å². The van der Waals surface area contributed by atoms with Gasteiger partial charge in [-0.05, 0) is 18.9 Å². The second-order valence-electron chi connectivity index (χ2n) is 4.23.